The van der Waals surface area contributed by atoms with Gasteiger partial charge in [-0.25, -0.2) is 0 Å². The molecule has 1 aliphatic carbocycles. The maximum absolute atomic E-state index is 12.1. The molecule has 0 radical (unpaired) electrons. The lowest BCUT2D eigenvalue weighted by Gasteiger charge is -2.10. The van der Waals surface area contributed by atoms with E-state index in [9.17, 15) is 13.2 Å². The van der Waals surface area contributed by atoms with E-state index in [2.05, 4.69) is 10.8 Å². The second-order valence-electron chi connectivity index (χ2n) is 5.34. The largest absolute Gasteiger partial charge is 0.573 e. The molecule has 0 heterocycles. The van der Waals surface area contributed by atoms with Crippen molar-refractivity contribution in [2.45, 2.75) is 24.6 Å². The molecule has 0 aliphatic heterocycles. The molecule has 0 N–H and O–H groups in total. The van der Waals surface area contributed by atoms with Gasteiger partial charge in [0.25, 0.3) is 0 Å². The number of rotatable bonds is 3. The van der Waals surface area contributed by atoms with Crippen molar-refractivity contribution < 1.29 is 17.9 Å². The van der Waals surface area contributed by atoms with Crippen LogP contribution in [0, 0.1) is 11.3 Å². The van der Waals surface area contributed by atoms with Gasteiger partial charge in [-0.2, -0.15) is 5.26 Å². The highest BCUT2D eigenvalue weighted by Gasteiger charge is 2.44. The number of nitriles is 1. The first-order valence-electron chi connectivity index (χ1n) is 6.80. The fourth-order valence-corrected chi connectivity index (χ4v) is 2.42. The van der Waals surface area contributed by atoms with E-state index < -0.39 is 6.36 Å². The number of nitrogens with zero attached hydrogens (tertiary/aromatic N) is 1. The molecule has 0 atom stereocenters. The van der Waals surface area contributed by atoms with Gasteiger partial charge in [0, 0.05) is 0 Å². The first kappa shape index (κ1) is 14.5. The highest BCUT2D eigenvalue weighted by Crippen LogP contribution is 2.47. The fraction of sp³-hybridized carbons (Fsp3) is 0.235. The monoisotopic (exact) mass is 303 g/mol. The topological polar surface area (TPSA) is 33.0 Å². The molecule has 22 heavy (non-hydrogen) atoms. The third-order valence-corrected chi connectivity index (χ3v) is 3.82. The molecule has 0 amide bonds. The number of alkyl halides is 3. The van der Waals surface area contributed by atoms with Crippen molar-refractivity contribution in [2.24, 2.45) is 0 Å². The van der Waals surface area contributed by atoms with Crippen LogP contribution < -0.4 is 4.74 Å². The maximum Gasteiger partial charge on any atom is 0.573 e. The van der Waals surface area contributed by atoms with E-state index in [4.69, 9.17) is 5.26 Å². The van der Waals surface area contributed by atoms with Gasteiger partial charge >= 0.3 is 6.36 Å². The van der Waals surface area contributed by atoms with Crippen LogP contribution in [0.4, 0.5) is 13.2 Å². The van der Waals surface area contributed by atoms with Crippen molar-refractivity contribution in [3.8, 4) is 22.9 Å². The minimum atomic E-state index is -4.68. The van der Waals surface area contributed by atoms with Gasteiger partial charge in [0.15, 0.2) is 0 Å². The minimum Gasteiger partial charge on any atom is -0.406 e. The van der Waals surface area contributed by atoms with Gasteiger partial charge in [0.2, 0.25) is 0 Å². The molecule has 2 nitrogen and oxygen atoms in total. The van der Waals surface area contributed by atoms with Gasteiger partial charge < -0.3 is 4.74 Å². The summed E-state index contributed by atoms with van der Waals surface area (Å²) in [7, 11) is 0. The average molecular weight is 303 g/mol. The predicted molar refractivity (Wildman–Crippen MR) is 75.1 cm³/mol. The number of hydrogen-bond acceptors (Lipinski definition) is 2. The summed E-state index contributed by atoms with van der Waals surface area (Å²) in [6.45, 7) is 0. The molecule has 1 fully saturated rings. The summed E-state index contributed by atoms with van der Waals surface area (Å²) in [5, 5.41) is 9.16. The van der Waals surface area contributed by atoms with E-state index in [1.807, 2.05) is 24.3 Å². The molecule has 0 spiro atoms. The van der Waals surface area contributed by atoms with Gasteiger partial charge in [0.05, 0.1) is 11.5 Å². The van der Waals surface area contributed by atoms with Gasteiger partial charge in [-0.3, -0.25) is 0 Å². The lowest BCUT2D eigenvalue weighted by Crippen LogP contribution is -2.16. The van der Waals surface area contributed by atoms with Crippen LogP contribution in [0.2, 0.25) is 0 Å². The maximum atomic E-state index is 12.1. The molecule has 2 aromatic carbocycles. The number of hydrogen-bond donors (Lipinski definition) is 0. The van der Waals surface area contributed by atoms with Crippen molar-refractivity contribution in [3.05, 3.63) is 54.1 Å². The van der Waals surface area contributed by atoms with E-state index in [0.29, 0.717) is 0 Å². The average Bonchev–Trinajstić information content (AvgIpc) is 3.28. The standard InChI is InChI=1S/C17H12F3NO/c18-17(19,20)22-15-7-3-13(4-8-15)12-1-5-14(6-2-12)16(11-21)9-10-16/h1-8H,9-10H2. The van der Waals surface area contributed by atoms with Gasteiger partial charge in [0.1, 0.15) is 5.75 Å². The van der Waals surface area contributed by atoms with Crippen molar-refractivity contribution in [1.82, 2.24) is 0 Å². The second kappa shape index (κ2) is 5.06. The summed E-state index contributed by atoms with van der Waals surface area (Å²) < 4.78 is 40.2. The Hall–Kier alpha value is -2.48. The number of benzene rings is 2. The first-order chi connectivity index (χ1) is 10.4. The van der Waals surface area contributed by atoms with Gasteiger partial charge in [-0.15, -0.1) is 13.2 Å². The summed E-state index contributed by atoms with van der Waals surface area (Å²) in [5.41, 5.74) is 2.35. The molecule has 0 bridgehead atoms. The van der Waals surface area contributed by atoms with E-state index >= 15 is 0 Å². The summed E-state index contributed by atoms with van der Waals surface area (Å²) in [5.74, 6) is -0.241. The Balaban J connectivity index is 1.79. The Morgan fingerprint density at radius 1 is 0.909 bits per heavy atom. The molecule has 0 saturated heterocycles. The Kier molecular flexibility index (Phi) is 3.32. The zero-order valence-corrected chi connectivity index (χ0v) is 11.5. The molecule has 0 unspecified atom stereocenters. The summed E-state index contributed by atoms with van der Waals surface area (Å²) in [6.07, 6.45) is -2.92. The molecule has 2 aromatic rings. The highest BCUT2D eigenvalue weighted by atomic mass is 19.4. The molecule has 1 aliphatic rings. The van der Waals surface area contributed by atoms with E-state index in [0.717, 1.165) is 29.5 Å². The lowest BCUT2D eigenvalue weighted by atomic mass is 9.95. The van der Waals surface area contributed by atoms with Crippen LogP contribution in [0.5, 0.6) is 5.75 Å². The predicted octanol–water partition coefficient (Wildman–Crippen LogP) is 4.81. The molecule has 0 aromatic heterocycles. The van der Waals surface area contributed by atoms with Crippen molar-refractivity contribution in [2.75, 3.05) is 0 Å². The molecule has 112 valence electrons. The van der Waals surface area contributed by atoms with Crippen LogP contribution in [0.1, 0.15) is 18.4 Å². The van der Waals surface area contributed by atoms with E-state index in [1.165, 1.54) is 12.1 Å². The van der Waals surface area contributed by atoms with Gasteiger partial charge in [-0.1, -0.05) is 36.4 Å². The Labute approximate surface area is 125 Å². The quantitative estimate of drug-likeness (QED) is 0.815. The van der Waals surface area contributed by atoms with E-state index in [-0.39, 0.29) is 11.2 Å². The third-order valence-electron chi connectivity index (χ3n) is 3.82. The van der Waals surface area contributed by atoms with Crippen LogP contribution in [-0.4, -0.2) is 6.36 Å². The summed E-state index contributed by atoms with van der Waals surface area (Å²) >= 11 is 0. The van der Waals surface area contributed by atoms with Crippen molar-refractivity contribution >= 4 is 0 Å². The van der Waals surface area contributed by atoms with Crippen LogP contribution in [0.15, 0.2) is 48.5 Å². The Morgan fingerprint density at radius 3 is 1.82 bits per heavy atom. The second-order valence-corrected chi connectivity index (χ2v) is 5.34. The third kappa shape index (κ3) is 2.91. The fourth-order valence-electron chi connectivity index (χ4n) is 2.42. The lowest BCUT2D eigenvalue weighted by molar-refractivity contribution is -0.274. The summed E-state index contributed by atoms with van der Waals surface area (Å²) in [6, 6.07) is 15.6. The molecular weight excluding hydrogens is 291 g/mol. The number of ether oxygens (including phenoxy) is 1. The Morgan fingerprint density at radius 2 is 1.41 bits per heavy atom. The van der Waals surface area contributed by atoms with Crippen LogP contribution in [0.3, 0.4) is 0 Å². The number of halogens is 3. The van der Waals surface area contributed by atoms with Crippen LogP contribution in [-0.2, 0) is 5.41 Å². The normalized spacial score (nSPS) is 15.9. The molecule has 3 rings (SSSR count). The Bertz CT molecular complexity index is 708. The van der Waals surface area contributed by atoms with Gasteiger partial charge in [-0.05, 0) is 41.7 Å². The zero-order valence-electron chi connectivity index (χ0n) is 11.5. The highest BCUT2D eigenvalue weighted by molar-refractivity contribution is 5.65. The first-order valence-corrected chi connectivity index (χ1v) is 6.80. The molecule has 5 heteroatoms. The molecule has 1 saturated carbocycles. The van der Waals surface area contributed by atoms with Crippen molar-refractivity contribution in [1.29, 1.82) is 5.26 Å². The minimum absolute atomic E-state index is 0.241. The SMILES string of the molecule is N#CC1(c2ccc(-c3ccc(OC(F)(F)F)cc3)cc2)CC1. The van der Waals surface area contributed by atoms with E-state index in [1.54, 1.807) is 12.1 Å². The molecular formula is C17H12F3NO. The summed E-state index contributed by atoms with van der Waals surface area (Å²) in [4.78, 5) is 0. The van der Waals surface area contributed by atoms with Crippen molar-refractivity contribution in [3.63, 3.8) is 0 Å². The smallest absolute Gasteiger partial charge is 0.406 e. The van der Waals surface area contributed by atoms with Crippen LogP contribution in [0.25, 0.3) is 11.1 Å². The zero-order chi connectivity index (χ0) is 15.8. The van der Waals surface area contributed by atoms with Crippen LogP contribution >= 0.6 is 0 Å².